The van der Waals surface area contributed by atoms with Crippen molar-refractivity contribution in [1.29, 1.82) is 0 Å². The van der Waals surface area contributed by atoms with Crippen molar-refractivity contribution in [3.05, 3.63) is 42.2 Å². The third-order valence-corrected chi connectivity index (χ3v) is 5.67. The van der Waals surface area contributed by atoms with Gasteiger partial charge in [0.2, 0.25) is 0 Å². The maximum absolute atomic E-state index is 13.8. The SMILES string of the molecule is O=S(=O)(Nc1nnc(-c2ccc(F)cc2F)o1)c1cnn(C2CCCC2)c1. The van der Waals surface area contributed by atoms with Crippen molar-refractivity contribution in [2.45, 2.75) is 36.6 Å². The zero-order valence-electron chi connectivity index (χ0n) is 14.0. The van der Waals surface area contributed by atoms with E-state index in [1.807, 2.05) is 0 Å². The molecule has 11 heteroatoms. The number of hydrogen-bond acceptors (Lipinski definition) is 6. The summed E-state index contributed by atoms with van der Waals surface area (Å²) >= 11 is 0. The summed E-state index contributed by atoms with van der Waals surface area (Å²) in [5.74, 6) is -1.92. The summed E-state index contributed by atoms with van der Waals surface area (Å²) in [4.78, 5) is -0.0397. The summed E-state index contributed by atoms with van der Waals surface area (Å²) in [6, 6.07) is 2.60. The second-order valence-corrected chi connectivity index (χ2v) is 7.92. The van der Waals surface area contributed by atoms with Crippen LogP contribution in [0.5, 0.6) is 0 Å². The van der Waals surface area contributed by atoms with E-state index in [1.54, 1.807) is 4.68 Å². The van der Waals surface area contributed by atoms with Gasteiger partial charge in [-0.3, -0.25) is 4.68 Å². The molecule has 2 aromatic heterocycles. The Kier molecular flexibility index (Phi) is 4.38. The smallest absolute Gasteiger partial charge is 0.330 e. The number of benzene rings is 1. The topological polar surface area (TPSA) is 103 Å². The van der Waals surface area contributed by atoms with Gasteiger partial charge in [-0.05, 0) is 25.0 Å². The number of aromatic nitrogens is 4. The molecule has 8 nitrogen and oxygen atoms in total. The quantitative estimate of drug-likeness (QED) is 0.712. The van der Waals surface area contributed by atoms with Gasteiger partial charge in [-0.25, -0.2) is 21.9 Å². The van der Waals surface area contributed by atoms with Gasteiger partial charge in [0, 0.05) is 12.3 Å². The van der Waals surface area contributed by atoms with Crippen molar-refractivity contribution < 1.29 is 21.6 Å². The van der Waals surface area contributed by atoms with Gasteiger partial charge in [0.15, 0.2) is 0 Å². The lowest BCUT2D eigenvalue weighted by atomic mass is 10.2. The van der Waals surface area contributed by atoms with Crippen LogP contribution < -0.4 is 4.72 Å². The van der Waals surface area contributed by atoms with Gasteiger partial charge in [-0.15, -0.1) is 5.10 Å². The molecule has 0 spiro atoms. The molecular weight excluding hydrogens is 380 g/mol. The molecule has 1 aromatic carbocycles. The number of rotatable bonds is 5. The highest BCUT2D eigenvalue weighted by atomic mass is 32.2. The number of nitrogens with one attached hydrogen (secondary N) is 1. The second-order valence-electron chi connectivity index (χ2n) is 6.24. The number of nitrogens with zero attached hydrogens (tertiary/aromatic N) is 4. The molecule has 0 aliphatic heterocycles. The van der Waals surface area contributed by atoms with Crippen molar-refractivity contribution in [2.24, 2.45) is 0 Å². The van der Waals surface area contributed by atoms with Crippen LogP contribution in [0.25, 0.3) is 11.5 Å². The normalized spacial score (nSPS) is 15.3. The first-order valence-corrected chi connectivity index (χ1v) is 9.76. The van der Waals surface area contributed by atoms with Crippen LogP contribution in [0.3, 0.4) is 0 Å². The Morgan fingerprint density at radius 1 is 1.19 bits per heavy atom. The zero-order chi connectivity index (χ0) is 19.0. The predicted molar refractivity (Wildman–Crippen MR) is 90.2 cm³/mol. The lowest BCUT2D eigenvalue weighted by Crippen LogP contribution is -2.13. The first-order chi connectivity index (χ1) is 12.9. The third-order valence-electron chi connectivity index (χ3n) is 4.40. The second kappa shape index (κ2) is 6.72. The lowest BCUT2D eigenvalue weighted by molar-refractivity contribution is 0.466. The summed E-state index contributed by atoms with van der Waals surface area (Å²) in [5, 5.41) is 11.3. The van der Waals surface area contributed by atoms with Crippen molar-refractivity contribution in [3.63, 3.8) is 0 Å². The van der Waals surface area contributed by atoms with E-state index in [-0.39, 0.29) is 22.4 Å². The predicted octanol–water partition coefficient (Wildman–Crippen LogP) is 3.13. The average molecular weight is 395 g/mol. The fourth-order valence-corrected chi connectivity index (χ4v) is 3.90. The van der Waals surface area contributed by atoms with Gasteiger partial charge in [0.1, 0.15) is 16.5 Å². The largest absolute Gasteiger partial charge is 0.403 e. The highest BCUT2D eigenvalue weighted by Crippen LogP contribution is 2.30. The van der Waals surface area contributed by atoms with Gasteiger partial charge < -0.3 is 4.42 Å². The van der Waals surface area contributed by atoms with Crippen LogP contribution in [0.15, 0.2) is 39.9 Å². The molecule has 1 aliphatic carbocycles. The van der Waals surface area contributed by atoms with Gasteiger partial charge in [-0.1, -0.05) is 17.9 Å². The van der Waals surface area contributed by atoms with E-state index >= 15 is 0 Å². The van der Waals surface area contributed by atoms with E-state index < -0.39 is 27.7 Å². The Hall–Kier alpha value is -2.82. The van der Waals surface area contributed by atoms with Gasteiger partial charge in [0.25, 0.3) is 15.9 Å². The van der Waals surface area contributed by atoms with Crippen LogP contribution in [-0.2, 0) is 10.0 Å². The maximum Gasteiger partial charge on any atom is 0.330 e. The molecule has 1 fully saturated rings. The van der Waals surface area contributed by atoms with Gasteiger partial charge >= 0.3 is 6.01 Å². The maximum atomic E-state index is 13.8. The minimum Gasteiger partial charge on any atom is -0.403 e. The third kappa shape index (κ3) is 3.54. The molecule has 0 bridgehead atoms. The molecule has 4 rings (SSSR count). The summed E-state index contributed by atoms with van der Waals surface area (Å²) in [5.41, 5.74) is -0.136. The van der Waals surface area contributed by atoms with Crippen molar-refractivity contribution in [1.82, 2.24) is 20.0 Å². The van der Waals surface area contributed by atoms with E-state index in [1.165, 1.54) is 12.4 Å². The van der Waals surface area contributed by atoms with E-state index in [0.29, 0.717) is 6.07 Å². The average Bonchev–Trinajstić information content (AvgIpc) is 3.36. The van der Waals surface area contributed by atoms with Crippen LogP contribution in [0, 0.1) is 11.6 Å². The van der Waals surface area contributed by atoms with Crippen molar-refractivity contribution >= 4 is 16.0 Å². The fraction of sp³-hybridized carbons (Fsp3) is 0.312. The Bertz CT molecular complexity index is 1070. The molecule has 1 saturated carbocycles. The Morgan fingerprint density at radius 3 is 2.70 bits per heavy atom. The fourth-order valence-electron chi connectivity index (χ4n) is 3.04. The molecule has 142 valence electrons. The van der Waals surface area contributed by atoms with Crippen LogP contribution in [0.1, 0.15) is 31.7 Å². The number of sulfonamides is 1. The molecular formula is C16H15F2N5O3S. The van der Waals surface area contributed by atoms with Crippen LogP contribution in [0.2, 0.25) is 0 Å². The Morgan fingerprint density at radius 2 is 1.96 bits per heavy atom. The highest BCUT2D eigenvalue weighted by molar-refractivity contribution is 7.92. The summed E-state index contributed by atoms with van der Waals surface area (Å²) < 4.78 is 60.7. The van der Waals surface area contributed by atoms with Crippen molar-refractivity contribution in [3.8, 4) is 11.5 Å². The molecule has 0 radical (unpaired) electrons. The standard InChI is InChI=1S/C16H15F2N5O3S/c17-10-5-6-13(14(18)7-10)15-20-21-16(26-15)22-27(24,25)12-8-19-23(9-12)11-3-1-2-4-11/h5-9,11H,1-4H2,(H,21,22). The summed E-state index contributed by atoms with van der Waals surface area (Å²) in [6.07, 6.45) is 6.81. The van der Waals surface area contributed by atoms with Gasteiger partial charge in [0.05, 0.1) is 17.8 Å². The number of anilines is 1. The molecule has 0 unspecified atom stereocenters. The summed E-state index contributed by atoms with van der Waals surface area (Å²) in [6.45, 7) is 0. The zero-order valence-corrected chi connectivity index (χ0v) is 14.8. The molecule has 3 aromatic rings. The Labute approximate surface area is 153 Å². The Balaban J connectivity index is 1.54. The molecule has 0 saturated heterocycles. The van der Waals surface area contributed by atoms with Crippen LogP contribution >= 0.6 is 0 Å². The first-order valence-electron chi connectivity index (χ1n) is 8.28. The van der Waals surface area contributed by atoms with Crippen LogP contribution in [-0.4, -0.2) is 28.4 Å². The lowest BCUT2D eigenvalue weighted by Gasteiger charge is -2.08. The van der Waals surface area contributed by atoms with Gasteiger partial charge in [-0.2, -0.15) is 5.10 Å². The monoisotopic (exact) mass is 395 g/mol. The van der Waals surface area contributed by atoms with E-state index in [9.17, 15) is 17.2 Å². The molecule has 2 heterocycles. The van der Waals surface area contributed by atoms with E-state index in [2.05, 4.69) is 20.0 Å². The molecule has 1 N–H and O–H groups in total. The summed E-state index contributed by atoms with van der Waals surface area (Å²) in [7, 11) is -3.99. The minimum absolute atomic E-state index is 0.0397. The molecule has 1 aliphatic rings. The first kappa shape index (κ1) is 17.6. The number of halogens is 2. The molecule has 27 heavy (non-hydrogen) atoms. The van der Waals surface area contributed by atoms with E-state index in [4.69, 9.17) is 4.42 Å². The van der Waals surface area contributed by atoms with E-state index in [0.717, 1.165) is 37.8 Å². The van der Waals surface area contributed by atoms with Crippen molar-refractivity contribution in [2.75, 3.05) is 4.72 Å². The molecule has 0 atom stereocenters. The highest BCUT2D eigenvalue weighted by Gasteiger charge is 2.24. The minimum atomic E-state index is -3.99. The molecule has 0 amide bonds. The van der Waals surface area contributed by atoms with Crippen LogP contribution in [0.4, 0.5) is 14.8 Å². The number of hydrogen-bond donors (Lipinski definition) is 1.